The highest BCUT2D eigenvalue weighted by Gasteiger charge is 2.42. The highest BCUT2D eigenvalue weighted by atomic mass is 16.5. The molecule has 7 nitrogen and oxygen atoms in total. The standard InChI is InChI=1S/C25H28O7/c1-12(2)5-6-14(13(3)4)9-17-19(28)11-20(29)21-22(30)23(31)25(32-24(17)21)16-8-7-15(26)10-18(16)27/h5,7-8,10-11,14,23,25-29,31H,3,6,9H2,1-2,4H3/t14-,23+,25-/m0/s1. The third-order valence-corrected chi connectivity index (χ3v) is 5.67. The van der Waals surface area contributed by atoms with Gasteiger partial charge in [-0.25, -0.2) is 0 Å². The summed E-state index contributed by atoms with van der Waals surface area (Å²) in [4.78, 5) is 13.0. The molecule has 0 saturated heterocycles. The zero-order valence-electron chi connectivity index (χ0n) is 18.3. The number of carbonyl (C=O) groups is 1. The van der Waals surface area contributed by atoms with Gasteiger partial charge in [-0.1, -0.05) is 23.8 Å². The lowest BCUT2D eigenvalue weighted by Crippen LogP contribution is -2.36. The molecule has 1 heterocycles. The molecular weight excluding hydrogens is 412 g/mol. The Labute approximate surface area is 186 Å². The van der Waals surface area contributed by atoms with Crippen LogP contribution in [0.5, 0.6) is 28.7 Å². The van der Waals surface area contributed by atoms with Gasteiger partial charge in [0.05, 0.1) is 0 Å². The lowest BCUT2D eigenvalue weighted by atomic mass is 9.85. The lowest BCUT2D eigenvalue weighted by molar-refractivity contribution is 0.0197. The number of allylic oxidation sites excluding steroid dienone is 3. The molecule has 0 saturated carbocycles. The summed E-state index contributed by atoms with van der Waals surface area (Å²) in [6, 6.07) is 4.77. The lowest BCUT2D eigenvalue weighted by Gasteiger charge is -2.32. The van der Waals surface area contributed by atoms with Crippen molar-refractivity contribution in [1.29, 1.82) is 0 Å². The smallest absolute Gasteiger partial charge is 0.202 e. The SMILES string of the molecule is C=C(C)[C@@H](CC=C(C)C)Cc1c(O)cc(O)c2c1O[C@@H](c1ccc(O)cc1O)[C@H](O)C2=O. The molecule has 0 amide bonds. The van der Waals surface area contributed by atoms with E-state index in [1.165, 1.54) is 12.1 Å². The molecule has 0 spiro atoms. The summed E-state index contributed by atoms with van der Waals surface area (Å²) >= 11 is 0. The number of aromatic hydroxyl groups is 4. The highest BCUT2D eigenvalue weighted by Crippen LogP contribution is 2.47. The van der Waals surface area contributed by atoms with Crippen molar-refractivity contribution in [2.75, 3.05) is 0 Å². The predicted octanol–water partition coefficient (Wildman–Crippen LogP) is 4.28. The van der Waals surface area contributed by atoms with Crippen molar-refractivity contribution < 1.29 is 35.1 Å². The van der Waals surface area contributed by atoms with Crippen molar-refractivity contribution in [2.45, 2.75) is 45.8 Å². The van der Waals surface area contributed by atoms with Crippen LogP contribution in [-0.2, 0) is 6.42 Å². The topological polar surface area (TPSA) is 127 Å². The number of rotatable bonds is 6. The van der Waals surface area contributed by atoms with E-state index in [0.717, 1.165) is 23.3 Å². The molecular formula is C25H28O7. The molecule has 0 radical (unpaired) electrons. The third-order valence-electron chi connectivity index (χ3n) is 5.67. The number of fused-ring (bicyclic) bond motifs is 1. The highest BCUT2D eigenvalue weighted by molar-refractivity contribution is 6.06. The molecule has 0 unspecified atom stereocenters. The molecule has 3 atom stereocenters. The van der Waals surface area contributed by atoms with E-state index in [1.54, 1.807) is 0 Å². The van der Waals surface area contributed by atoms with Crippen LogP contribution in [0.4, 0.5) is 0 Å². The third kappa shape index (κ3) is 4.43. The molecule has 7 heteroatoms. The molecule has 2 aromatic rings. The molecule has 170 valence electrons. The van der Waals surface area contributed by atoms with Gasteiger partial charge in [-0.15, -0.1) is 0 Å². The minimum Gasteiger partial charge on any atom is -0.508 e. The molecule has 1 aliphatic heterocycles. The summed E-state index contributed by atoms with van der Waals surface area (Å²) < 4.78 is 5.94. The van der Waals surface area contributed by atoms with E-state index in [-0.39, 0.29) is 46.5 Å². The Bertz CT molecular complexity index is 1100. The first kappa shape index (κ1) is 23.2. The summed E-state index contributed by atoms with van der Waals surface area (Å²) in [6.07, 6.45) is -0.00649. The fourth-order valence-corrected chi connectivity index (χ4v) is 3.80. The summed E-state index contributed by atoms with van der Waals surface area (Å²) in [5.74, 6) is -2.22. The maximum absolute atomic E-state index is 13.0. The van der Waals surface area contributed by atoms with Gasteiger partial charge in [-0.3, -0.25) is 4.79 Å². The average Bonchev–Trinajstić information content (AvgIpc) is 2.69. The predicted molar refractivity (Wildman–Crippen MR) is 119 cm³/mol. The van der Waals surface area contributed by atoms with Crippen LogP contribution in [-0.4, -0.2) is 37.4 Å². The second-order valence-corrected chi connectivity index (χ2v) is 8.45. The van der Waals surface area contributed by atoms with Crippen molar-refractivity contribution in [3.05, 3.63) is 64.8 Å². The van der Waals surface area contributed by atoms with Crippen LogP contribution < -0.4 is 4.74 Å². The molecule has 0 aliphatic carbocycles. The van der Waals surface area contributed by atoms with Crippen molar-refractivity contribution >= 4 is 5.78 Å². The number of hydrogen-bond acceptors (Lipinski definition) is 7. The van der Waals surface area contributed by atoms with Crippen LogP contribution in [0.1, 0.15) is 54.8 Å². The van der Waals surface area contributed by atoms with E-state index >= 15 is 0 Å². The van der Waals surface area contributed by atoms with Gasteiger partial charge in [0.1, 0.15) is 34.3 Å². The minimum atomic E-state index is -1.70. The molecule has 0 aromatic heterocycles. The molecule has 3 rings (SSSR count). The zero-order chi connectivity index (χ0) is 23.7. The number of hydrogen-bond donors (Lipinski definition) is 5. The number of aliphatic hydroxyl groups is 1. The van der Waals surface area contributed by atoms with E-state index in [0.29, 0.717) is 12.0 Å². The van der Waals surface area contributed by atoms with Crippen molar-refractivity contribution in [2.24, 2.45) is 5.92 Å². The first-order chi connectivity index (χ1) is 15.0. The van der Waals surface area contributed by atoms with Gasteiger partial charge in [0.25, 0.3) is 0 Å². The Hall–Kier alpha value is -3.45. The fourth-order valence-electron chi connectivity index (χ4n) is 3.80. The van der Waals surface area contributed by atoms with Gasteiger partial charge in [0, 0.05) is 23.3 Å². The van der Waals surface area contributed by atoms with Crippen LogP contribution in [0, 0.1) is 5.92 Å². The molecule has 2 aromatic carbocycles. The number of carbonyl (C=O) groups excluding carboxylic acids is 1. The van der Waals surface area contributed by atoms with Crippen LogP contribution >= 0.6 is 0 Å². The average molecular weight is 440 g/mol. The van der Waals surface area contributed by atoms with Crippen LogP contribution in [0.25, 0.3) is 0 Å². The maximum Gasteiger partial charge on any atom is 0.202 e. The minimum absolute atomic E-state index is 0.0428. The van der Waals surface area contributed by atoms with Gasteiger partial charge >= 0.3 is 0 Å². The van der Waals surface area contributed by atoms with Crippen molar-refractivity contribution in [3.8, 4) is 28.7 Å². The Morgan fingerprint density at radius 1 is 1.09 bits per heavy atom. The number of aliphatic hydroxyl groups excluding tert-OH is 1. The van der Waals surface area contributed by atoms with E-state index in [1.807, 2.05) is 20.8 Å². The van der Waals surface area contributed by atoms with Gasteiger partial charge < -0.3 is 30.3 Å². The summed E-state index contributed by atoms with van der Waals surface area (Å²) in [7, 11) is 0. The largest absolute Gasteiger partial charge is 0.508 e. The number of phenolic OH excluding ortho intramolecular Hbond substituents is 4. The van der Waals surface area contributed by atoms with E-state index < -0.39 is 23.7 Å². The van der Waals surface area contributed by atoms with Crippen LogP contribution in [0.3, 0.4) is 0 Å². The quantitative estimate of drug-likeness (QED) is 0.424. The first-order valence-electron chi connectivity index (χ1n) is 10.3. The van der Waals surface area contributed by atoms with Crippen LogP contribution in [0.15, 0.2) is 48.1 Å². The van der Waals surface area contributed by atoms with Gasteiger partial charge in [-0.05, 0) is 51.7 Å². The van der Waals surface area contributed by atoms with E-state index in [4.69, 9.17) is 4.74 Å². The summed E-state index contributed by atoms with van der Waals surface area (Å²) in [5.41, 5.74) is 2.17. The Balaban J connectivity index is 2.11. The number of ketones is 1. The molecule has 1 aliphatic rings. The second-order valence-electron chi connectivity index (χ2n) is 8.45. The van der Waals surface area contributed by atoms with Gasteiger partial charge in [-0.2, -0.15) is 0 Å². The molecule has 0 fully saturated rings. The van der Waals surface area contributed by atoms with E-state index in [9.17, 15) is 30.3 Å². The van der Waals surface area contributed by atoms with Crippen molar-refractivity contribution in [1.82, 2.24) is 0 Å². The summed E-state index contributed by atoms with van der Waals surface area (Å²) in [5, 5.41) is 51.3. The van der Waals surface area contributed by atoms with Crippen LogP contribution in [0.2, 0.25) is 0 Å². The Kier molecular flexibility index (Phi) is 6.50. The van der Waals surface area contributed by atoms with Crippen molar-refractivity contribution in [3.63, 3.8) is 0 Å². The number of phenols is 4. The van der Waals surface area contributed by atoms with Gasteiger partial charge in [0.2, 0.25) is 5.78 Å². The van der Waals surface area contributed by atoms with E-state index in [2.05, 4.69) is 12.7 Å². The maximum atomic E-state index is 13.0. The molecule has 0 bridgehead atoms. The number of benzene rings is 2. The normalized spacial score (nSPS) is 18.4. The molecule has 5 N–H and O–H groups in total. The molecule has 32 heavy (non-hydrogen) atoms. The second kappa shape index (κ2) is 8.96. The van der Waals surface area contributed by atoms with Gasteiger partial charge in [0.15, 0.2) is 12.2 Å². The summed E-state index contributed by atoms with van der Waals surface area (Å²) in [6.45, 7) is 9.87. The number of ether oxygens (including phenoxy) is 1. The first-order valence-corrected chi connectivity index (χ1v) is 10.3. The fraction of sp³-hybridized carbons (Fsp3) is 0.320. The Morgan fingerprint density at radius 3 is 2.38 bits per heavy atom. The monoisotopic (exact) mass is 440 g/mol. The zero-order valence-corrected chi connectivity index (χ0v) is 18.3. The Morgan fingerprint density at radius 2 is 1.78 bits per heavy atom. The number of Topliss-reactive ketones (excluding diaryl/α,β-unsaturated/α-hetero) is 1.